The normalized spacial score (nSPS) is 12.3. The lowest BCUT2D eigenvalue weighted by atomic mass is 10.2. The molecule has 0 spiro atoms. The Labute approximate surface area is 212 Å². The molecule has 0 fully saturated rings. The molecule has 1 amide bonds. The number of carbonyl (C=O) groups excluding carboxylic acids is 1. The van der Waals surface area contributed by atoms with Crippen LogP contribution >= 0.6 is 0 Å². The van der Waals surface area contributed by atoms with Crippen LogP contribution in [0.1, 0.15) is 16.3 Å². The number of aliphatic hydroxyl groups is 2. The molecule has 198 valence electrons. The molecule has 1 atom stereocenters. The molecule has 38 heavy (non-hydrogen) atoms. The van der Waals surface area contributed by atoms with Gasteiger partial charge < -0.3 is 25.0 Å². The molecule has 2 aromatic heterocycles. The lowest BCUT2D eigenvalue weighted by Gasteiger charge is -2.15. The molecule has 2 aromatic carbocycles. The highest BCUT2D eigenvalue weighted by molar-refractivity contribution is 6.07. The van der Waals surface area contributed by atoms with Gasteiger partial charge in [-0.3, -0.25) is 14.2 Å². The second kappa shape index (κ2) is 10.9. The molecule has 4 rings (SSSR count). The Kier molecular flexibility index (Phi) is 7.60. The number of fused-ring (bicyclic) bond motifs is 1. The molecule has 4 aromatic rings. The zero-order chi connectivity index (χ0) is 27.4. The first kappa shape index (κ1) is 26.6. The molecule has 0 radical (unpaired) electrons. The van der Waals surface area contributed by atoms with Crippen molar-refractivity contribution in [2.24, 2.45) is 0 Å². The number of pyridine rings is 1. The van der Waals surface area contributed by atoms with Crippen molar-refractivity contribution in [3.8, 4) is 17.3 Å². The molecule has 10 nitrogen and oxygen atoms in total. The van der Waals surface area contributed by atoms with Gasteiger partial charge >= 0.3 is 6.36 Å². The van der Waals surface area contributed by atoms with Crippen molar-refractivity contribution >= 4 is 22.5 Å². The van der Waals surface area contributed by atoms with Crippen LogP contribution in [-0.4, -0.2) is 56.3 Å². The molecule has 0 aliphatic heterocycles. The summed E-state index contributed by atoms with van der Waals surface area (Å²) < 4.78 is 48.4. The number of nitrogens with zero attached hydrogens (tertiary/aromatic N) is 3. The van der Waals surface area contributed by atoms with Gasteiger partial charge in [0, 0.05) is 12.1 Å². The van der Waals surface area contributed by atoms with Gasteiger partial charge in [-0.25, -0.2) is 9.97 Å². The quantitative estimate of drug-likeness (QED) is 0.317. The van der Waals surface area contributed by atoms with Gasteiger partial charge in [0.05, 0.1) is 28.9 Å². The third kappa shape index (κ3) is 6.07. The van der Waals surface area contributed by atoms with E-state index < -0.39 is 36.3 Å². The van der Waals surface area contributed by atoms with Gasteiger partial charge in [-0.15, -0.1) is 13.2 Å². The predicted molar refractivity (Wildman–Crippen MR) is 130 cm³/mol. The van der Waals surface area contributed by atoms with Crippen molar-refractivity contribution in [1.82, 2.24) is 14.5 Å². The van der Waals surface area contributed by atoms with Crippen LogP contribution in [0.4, 0.5) is 18.9 Å². The Balaban J connectivity index is 1.70. The Bertz CT molecular complexity index is 1540. The third-order valence-corrected chi connectivity index (χ3v) is 5.21. The fourth-order valence-corrected chi connectivity index (χ4v) is 3.61. The van der Waals surface area contributed by atoms with Crippen LogP contribution < -0.4 is 20.3 Å². The van der Waals surface area contributed by atoms with E-state index >= 15 is 0 Å². The smallest absolute Gasteiger partial charge is 0.475 e. The summed E-state index contributed by atoms with van der Waals surface area (Å²) in [6.45, 7) is 0.774. The summed E-state index contributed by atoms with van der Waals surface area (Å²) in [6, 6.07) is 13.9. The minimum absolute atomic E-state index is 0.0204. The SMILES string of the molecule is Cc1nc2cccc(NC(=O)c3cccc(OCC(O)CO)n3)c2c(=O)n1-c1cccc(OC(F)(F)F)c1. The van der Waals surface area contributed by atoms with Gasteiger partial charge in [0.2, 0.25) is 5.88 Å². The fourth-order valence-electron chi connectivity index (χ4n) is 3.61. The van der Waals surface area contributed by atoms with E-state index in [4.69, 9.17) is 9.84 Å². The number of rotatable bonds is 8. The van der Waals surface area contributed by atoms with Gasteiger partial charge in [0.25, 0.3) is 11.5 Å². The van der Waals surface area contributed by atoms with E-state index in [0.717, 1.165) is 16.7 Å². The molecule has 3 N–H and O–H groups in total. The molecular weight excluding hydrogens is 509 g/mol. The summed E-state index contributed by atoms with van der Waals surface area (Å²) in [5.74, 6) is -0.962. The molecule has 0 saturated heterocycles. The number of hydrogen-bond donors (Lipinski definition) is 3. The Hall–Kier alpha value is -4.49. The molecule has 0 aliphatic rings. The predicted octanol–water partition coefficient (Wildman–Crippen LogP) is 2.97. The average molecular weight is 530 g/mol. The van der Waals surface area contributed by atoms with E-state index in [0.29, 0.717) is 0 Å². The standard InChI is InChI=1S/C25H21F3N4O6/c1-14-29-18-7-3-8-19(31-23(35)20-9-4-10-21(30-20)37-13-16(34)12-33)22(18)24(36)32(14)15-5-2-6-17(11-15)38-25(26,27)28/h2-11,16,33-34H,12-13H2,1H3,(H,31,35). The number of benzene rings is 2. The number of nitrogens with one attached hydrogen (secondary N) is 1. The topological polar surface area (TPSA) is 136 Å². The Morgan fingerprint density at radius 1 is 1.11 bits per heavy atom. The molecular formula is C25H21F3N4O6. The number of amides is 1. The molecule has 13 heteroatoms. The van der Waals surface area contributed by atoms with Crippen molar-refractivity contribution in [2.45, 2.75) is 19.4 Å². The number of ether oxygens (including phenoxy) is 2. The lowest BCUT2D eigenvalue weighted by molar-refractivity contribution is -0.274. The van der Waals surface area contributed by atoms with E-state index in [2.05, 4.69) is 20.0 Å². The number of anilines is 1. The lowest BCUT2D eigenvalue weighted by Crippen LogP contribution is -2.24. The second-order valence-electron chi connectivity index (χ2n) is 8.01. The van der Waals surface area contributed by atoms with Crippen molar-refractivity contribution in [3.05, 3.63) is 82.5 Å². The molecule has 0 aliphatic carbocycles. The maximum atomic E-state index is 13.5. The molecule has 0 saturated carbocycles. The van der Waals surface area contributed by atoms with Crippen LogP contribution in [0, 0.1) is 6.92 Å². The number of halogens is 3. The number of carbonyl (C=O) groups is 1. The summed E-state index contributed by atoms with van der Waals surface area (Å²) in [5.41, 5.74) is -0.245. The van der Waals surface area contributed by atoms with Crippen LogP contribution in [0.3, 0.4) is 0 Å². The van der Waals surface area contributed by atoms with E-state index in [1.807, 2.05) is 0 Å². The average Bonchev–Trinajstić information content (AvgIpc) is 2.86. The monoisotopic (exact) mass is 530 g/mol. The van der Waals surface area contributed by atoms with Crippen molar-refractivity contribution in [1.29, 1.82) is 0 Å². The van der Waals surface area contributed by atoms with Crippen LogP contribution in [0.2, 0.25) is 0 Å². The third-order valence-electron chi connectivity index (χ3n) is 5.21. The molecule has 1 unspecified atom stereocenters. The molecule has 2 heterocycles. The van der Waals surface area contributed by atoms with Crippen LogP contribution in [-0.2, 0) is 0 Å². The summed E-state index contributed by atoms with van der Waals surface area (Å²) in [6.07, 6.45) is -6.03. The number of alkyl halides is 3. The van der Waals surface area contributed by atoms with Gasteiger partial charge in [0.15, 0.2) is 0 Å². The maximum Gasteiger partial charge on any atom is 0.573 e. The van der Waals surface area contributed by atoms with E-state index in [-0.39, 0.29) is 46.3 Å². The van der Waals surface area contributed by atoms with Crippen LogP contribution in [0.25, 0.3) is 16.6 Å². The summed E-state index contributed by atoms with van der Waals surface area (Å²) in [4.78, 5) is 34.9. The van der Waals surface area contributed by atoms with Crippen molar-refractivity contribution in [3.63, 3.8) is 0 Å². The van der Waals surface area contributed by atoms with E-state index in [1.54, 1.807) is 12.1 Å². The van der Waals surface area contributed by atoms with Crippen LogP contribution in [0.5, 0.6) is 11.6 Å². The highest BCUT2D eigenvalue weighted by Crippen LogP contribution is 2.26. The first-order valence-corrected chi connectivity index (χ1v) is 11.1. The highest BCUT2D eigenvalue weighted by Gasteiger charge is 2.31. The minimum atomic E-state index is -4.91. The zero-order valence-corrected chi connectivity index (χ0v) is 19.8. The second-order valence-corrected chi connectivity index (χ2v) is 8.01. The summed E-state index contributed by atoms with van der Waals surface area (Å²) in [5, 5.41) is 21.0. The number of aliphatic hydroxyl groups excluding tert-OH is 2. The summed E-state index contributed by atoms with van der Waals surface area (Å²) >= 11 is 0. The number of aromatic nitrogens is 3. The van der Waals surface area contributed by atoms with Gasteiger partial charge in [-0.05, 0) is 37.3 Å². The minimum Gasteiger partial charge on any atom is -0.475 e. The first-order chi connectivity index (χ1) is 18.1. The number of hydrogen-bond acceptors (Lipinski definition) is 8. The van der Waals surface area contributed by atoms with Crippen molar-refractivity contribution < 1.29 is 37.7 Å². The largest absolute Gasteiger partial charge is 0.573 e. The van der Waals surface area contributed by atoms with Gasteiger partial charge in [-0.2, -0.15) is 0 Å². The fraction of sp³-hybridized carbons (Fsp3) is 0.200. The van der Waals surface area contributed by atoms with E-state index in [1.165, 1.54) is 43.3 Å². The Morgan fingerprint density at radius 2 is 1.84 bits per heavy atom. The van der Waals surface area contributed by atoms with Gasteiger partial charge in [0.1, 0.15) is 30.0 Å². The van der Waals surface area contributed by atoms with Crippen LogP contribution in [0.15, 0.2) is 65.5 Å². The summed E-state index contributed by atoms with van der Waals surface area (Å²) in [7, 11) is 0. The zero-order valence-electron chi connectivity index (χ0n) is 19.8. The number of aryl methyl sites for hydroxylation is 1. The maximum absolute atomic E-state index is 13.5. The van der Waals surface area contributed by atoms with Gasteiger partial charge in [-0.1, -0.05) is 18.2 Å². The molecule has 0 bridgehead atoms. The highest BCUT2D eigenvalue weighted by atomic mass is 19.4. The van der Waals surface area contributed by atoms with E-state index in [9.17, 15) is 27.9 Å². The first-order valence-electron chi connectivity index (χ1n) is 11.1. The Morgan fingerprint density at radius 3 is 2.58 bits per heavy atom. The van der Waals surface area contributed by atoms with Crippen molar-refractivity contribution in [2.75, 3.05) is 18.5 Å².